The molecule has 0 spiro atoms. The third-order valence-electron chi connectivity index (χ3n) is 9.76. The predicted molar refractivity (Wildman–Crippen MR) is 198 cm³/mol. The molecule has 1 aromatic carbocycles. The van der Waals surface area contributed by atoms with E-state index < -0.39 is 57.9 Å². The molecule has 0 bridgehead atoms. The molecule has 284 valence electrons. The molecule has 4 saturated heterocycles. The number of ether oxygens (including phenoxy) is 2. The van der Waals surface area contributed by atoms with Crippen molar-refractivity contribution in [2.24, 2.45) is 17.8 Å². The summed E-state index contributed by atoms with van der Waals surface area (Å²) in [6, 6.07) is 4.71. The summed E-state index contributed by atoms with van der Waals surface area (Å²) in [6.45, 7) is 5.12. The number of piperidine rings is 1. The number of halogens is 1. The Kier molecular flexibility index (Phi) is 13.2. The lowest BCUT2D eigenvalue weighted by Crippen LogP contribution is -2.46. The third kappa shape index (κ3) is 9.70. The Morgan fingerprint density at radius 1 is 0.904 bits per heavy atom. The average molecular weight is 798 g/mol. The molecule has 5 aliphatic heterocycles. The maximum atomic E-state index is 14.3. The molecule has 6 rings (SSSR count). The molecule has 18 heteroatoms. The van der Waals surface area contributed by atoms with Gasteiger partial charge in [0, 0.05) is 27.5 Å². The summed E-state index contributed by atoms with van der Waals surface area (Å²) in [4.78, 5) is 78.2. The van der Waals surface area contributed by atoms with Gasteiger partial charge in [-0.1, -0.05) is 6.07 Å². The van der Waals surface area contributed by atoms with E-state index in [9.17, 15) is 33.2 Å². The smallest absolute Gasteiger partial charge is 0.414 e. The molecular formula is C34H44FN5O8S4. The number of fused-ring (bicyclic) bond motifs is 2. The molecule has 4 fully saturated rings. The maximum absolute atomic E-state index is 14.3. The van der Waals surface area contributed by atoms with Gasteiger partial charge in [-0.3, -0.25) is 29.8 Å². The van der Waals surface area contributed by atoms with Crippen LogP contribution in [0.25, 0.3) is 0 Å². The third-order valence-corrected chi connectivity index (χ3v) is 15.5. The van der Waals surface area contributed by atoms with Crippen LogP contribution < -0.4 is 26.6 Å². The Morgan fingerprint density at radius 3 is 2.42 bits per heavy atom. The van der Waals surface area contributed by atoms with Crippen molar-refractivity contribution in [3.05, 3.63) is 29.6 Å². The van der Waals surface area contributed by atoms with Crippen LogP contribution in [0.5, 0.6) is 0 Å². The summed E-state index contributed by atoms with van der Waals surface area (Å²) in [5.41, 5.74) is 0.481. The summed E-state index contributed by atoms with van der Waals surface area (Å²) < 4.78 is 24.7. The van der Waals surface area contributed by atoms with Crippen molar-refractivity contribution in [2.75, 3.05) is 25.4 Å². The summed E-state index contributed by atoms with van der Waals surface area (Å²) in [5.74, 6) is -2.07. The van der Waals surface area contributed by atoms with E-state index in [-0.39, 0.29) is 47.6 Å². The number of rotatable bonds is 10. The van der Waals surface area contributed by atoms with Gasteiger partial charge in [0.15, 0.2) is 0 Å². The summed E-state index contributed by atoms with van der Waals surface area (Å²) in [6.07, 6.45) is 0.961. The van der Waals surface area contributed by atoms with E-state index in [1.54, 1.807) is 37.7 Å². The maximum Gasteiger partial charge on any atom is 0.414 e. The molecule has 9 unspecified atom stereocenters. The Hall–Kier alpha value is -2.67. The zero-order chi connectivity index (χ0) is 36.9. The first-order valence-electron chi connectivity index (χ1n) is 17.6. The zero-order valence-corrected chi connectivity index (χ0v) is 32.1. The number of benzene rings is 1. The quantitative estimate of drug-likeness (QED) is 0.233. The number of carbonyl (C=O) groups excluding carboxylic acids is 6. The van der Waals surface area contributed by atoms with Gasteiger partial charge >= 0.3 is 12.2 Å². The SMILES string of the molecule is CC(C)OC(=O)NC(=O)C1CC(CCOC(=O)NC(=O)C2CCSC2NC(=O)C2CC3CCNCC3S2)SC1NC(=O)C1Cc2c(F)cccc2S1. The molecule has 6 amide bonds. The minimum Gasteiger partial charge on any atom is -0.449 e. The second-order valence-corrected chi connectivity index (χ2v) is 19.1. The minimum absolute atomic E-state index is 0.0625. The van der Waals surface area contributed by atoms with Crippen molar-refractivity contribution in [3.63, 3.8) is 0 Å². The van der Waals surface area contributed by atoms with Gasteiger partial charge in [0.2, 0.25) is 23.6 Å². The highest BCUT2D eigenvalue weighted by Gasteiger charge is 2.44. The fourth-order valence-electron chi connectivity index (χ4n) is 7.14. The molecule has 52 heavy (non-hydrogen) atoms. The molecule has 5 N–H and O–H groups in total. The summed E-state index contributed by atoms with van der Waals surface area (Å²) >= 11 is 5.77. The Morgan fingerprint density at radius 2 is 1.65 bits per heavy atom. The van der Waals surface area contributed by atoms with E-state index in [1.165, 1.54) is 41.4 Å². The number of carbonyl (C=O) groups is 6. The predicted octanol–water partition coefficient (Wildman–Crippen LogP) is 3.39. The topological polar surface area (TPSA) is 181 Å². The number of amides is 6. The minimum atomic E-state index is -0.904. The second kappa shape index (κ2) is 17.6. The first-order valence-corrected chi connectivity index (χ1v) is 21.4. The van der Waals surface area contributed by atoms with E-state index in [4.69, 9.17) is 9.47 Å². The molecule has 0 aromatic heterocycles. The van der Waals surface area contributed by atoms with Crippen LogP contribution >= 0.6 is 47.0 Å². The number of alkyl carbamates (subject to hydrolysis) is 2. The largest absolute Gasteiger partial charge is 0.449 e. The van der Waals surface area contributed by atoms with Crippen molar-refractivity contribution in [2.45, 2.75) is 95.1 Å². The molecule has 9 atom stereocenters. The number of hydrogen-bond donors (Lipinski definition) is 5. The zero-order valence-electron chi connectivity index (χ0n) is 28.9. The van der Waals surface area contributed by atoms with Gasteiger partial charge in [0.1, 0.15) is 5.82 Å². The summed E-state index contributed by atoms with van der Waals surface area (Å²) in [7, 11) is 0. The summed E-state index contributed by atoms with van der Waals surface area (Å²) in [5, 5.41) is 12.3. The molecular weight excluding hydrogens is 754 g/mol. The standard InChI is InChI=1S/C34H44FN5O8S4/c1-16(2)48-34(46)40-28(42)21-13-18(50-32(21)38-30(44)25-14-20-22(35)4-3-5-23(20)51-25)7-10-47-33(45)39-27(41)19-8-11-49-31(19)37-29(43)24-12-17-6-9-36-15-26(17)52-24/h3-5,16-19,21,24-26,31-32,36H,6-15H2,1-2H3,(H,37,43)(H,38,44)(H,39,41,45)(H,40,42,46). The van der Waals surface area contributed by atoms with Gasteiger partial charge in [-0.25, -0.2) is 14.0 Å². The lowest BCUT2D eigenvalue weighted by atomic mass is 9.93. The molecule has 1 aromatic rings. The molecule has 0 saturated carbocycles. The molecule has 5 heterocycles. The fourth-order valence-corrected chi connectivity index (χ4v) is 12.9. The van der Waals surface area contributed by atoms with Gasteiger partial charge in [-0.2, -0.15) is 0 Å². The molecule has 5 aliphatic rings. The van der Waals surface area contributed by atoms with Crippen molar-refractivity contribution in [1.29, 1.82) is 0 Å². The van der Waals surface area contributed by atoms with Crippen LogP contribution in [0.2, 0.25) is 0 Å². The fraction of sp³-hybridized carbons (Fsp3) is 0.647. The second-order valence-electron chi connectivity index (χ2n) is 13.8. The Bertz CT molecular complexity index is 1540. The van der Waals surface area contributed by atoms with Crippen molar-refractivity contribution in [1.82, 2.24) is 26.6 Å². The average Bonchev–Trinajstić information content (AvgIpc) is 3.90. The van der Waals surface area contributed by atoms with Gasteiger partial charge in [-0.15, -0.1) is 47.0 Å². The lowest BCUT2D eigenvalue weighted by Gasteiger charge is -2.24. The van der Waals surface area contributed by atoms with Gasteiger partial charge < -0.3 is 25.4 Å². The normalized spacial score (nSPS) is 30.6. The van der Waals surface area contributed by atoms with Crippen LogP contribution in [0.1, 0.15) is 51.5 Å². The van der Waals surface area contributed by atoms with Crippen molar-refractivity contribution >= 4 is 82.9 Å². The van der Waals surface area contributed by atoms with Crippen LogP contribution in [-0.2, 0) is 35.1 Å². The monoisotopic (exact) mass is 797 g/mol. The Balaban J connectivity index is 0.973. The highest BCUT2D eigenvalue weighted by molar-refractivity contribution is 8.02. The highest BCUT2D eigenvalue weighted by Crippen LogP contribution is 2.43. The number of thioether (sulfide) groups is 4. The number of imide groups is 2. The van der Waals surface area contributed by atoms with Gasteiger partial charge in [-0.05, 0) is 82.7 Å². The van der Waals surface area contributed by atoms with E-state index >= 15 is 0 Å². The van der Waals surface area contributed by atoms with Gasteiger partial charge in [0.05, 0.1) is 45.8 Å². The van der Waals surface area contributed by atoms with Crippen molar-refractivity contribution in [3.8, 4) is 0 Å². The molecule has 0 aliphatic carbocycles. The van der Waals surface area contributed by atoms with Crippen molar-refractivity contribution < 1.29 is 42.6 Å². The van der Waals surface area contributed by atoms with Gasteiger partial charge in [0.25, 0.3) is 0 Å². The van der Waals surface area contributed by atoms with Crippen LogP contribution in [0.4, 0.5) is 14.0 Å². The van der Waals surface area contributed by atoms with Crippen LogP contribution in [-0.4, -0.2) is 99.1 Å². The first kappa shape index (κ1) is 39.0. The Labute approximate surface area is 318 Å². The van der Waals surface area contributed by atoms with Crippen LogP contribution in [0.3, 0.4) is 0 Å². The lowest BCUT2D eigenvalue weighted by molar-refractivity contribution is -0.127. The molecule has 0 radical (unpaired) electrons. The molecule has 13 nitrogen and oxygen atoms in total. The van der Waals surface area contributed by atoms with Crippen LogP contribution in [0.15, 0.2) is 23.1 Å². The van der Waals surface area contributed by atoms with E-state index in [1.807, 2.05) is 0 Å². The highest BCUT2D eigenvalue weighted by atomic mass is 32.2. The number of hydrogen-bond acceptors (Lipinski definition) is 13. The number of nitrogens with one attached hydrogen (secondary N) is 5. The van der Waals surface area contributed by atoms with E-state index in [0.717, 1.165) is 25.9 Å². The first-order chi connectivity index (χ1) is 24.9. The van der Waals surface area contributed by atoms with Crippen LogP contribution in [0, 0.1) is 23.6 Å². The van der Waals surface area contributed by atoms with E-state index in [2.05, 4.69) is 26.6 Å². The van der Waals surface area contributed by atoms with E-state index in [0.29, 0.717) is 40.2 Å².